The molecule has 0 aliphatic carbocycles. The van der Waals surface area contributed by atoms with E-state index in [0.29, 0.717) is 10.2 Å². The average Bonchev–Trinajstić information content (AvgIpc) is 3.23. The van der Waals surface area contributed by atoms with Crippen LogP contribution < -0.4 is 5.43 Å². The number of benzene rings is 3. The van der Waals surface area contributed by atoms with Crippen molar-refractivity contribution in [1.29, 1.82) is 0 Å². The smallest absolute Gasteiger partial charge is 0.250 e. The summed E-state index contributed by atoms with van der Waals surface area (Å²) >= 11 is 7.27. The van der Waals surface area contributed by atoms with Gasteiger partial charge in [-0.3, -0.25) is 9.36 Å². The second kappa shape index (κ2) is 10.5. The predicted octanol–water partition coefficient (Wildman–Crippen LogP) is 5.45. The second-order valence-electron chi connectivity index (χ2n) is 7.48. The summed E-state index contributed by atoms with van der Waals surface area (Å²) in [6, 6.07) is 23.5. The van der Waals surface area contributed by atoms with Crippen LogP contribution in [0.5, 0.6) is 0 Å². The van der Waals surface area contributed by atoms with Crippen molar-refractivity contribution in [1.82, 2.24) is 20.2 Å². The molecule has 0 atom stereocenters. The molecule has 1 heterocycles. The summed E-state index contributed by atoms with van der Waals surface area (Å²) in [5, 5.41) is 14.0. The van der Waals surface area contributed by atoms with Crippen molar-refractivity contribution in [2.45, 2.75) is 19.0 Å². The van der Waals surface area contributed by atoms with Crippen LogP contribution in [0.3, 0.4) is 0 Å². The first-order valence-electron chi connectivity index (χ1n) is 10.3. The molecule has 3 aromatic carbocycles. The monoisotopic (exact) mass is 475 g/mol. The van der Waals surface area contributed by atoms with Gasteiger partial charge < -0.3 is 0 Å². The van der Waals surface area contributed by atoms with E-state index in [4.69, 9.17) is 11.6 Å². The standard InChI is InChI=1S/C25H22ClN5OS/c1-17-6-10-20(11-7-17)24-29-30-25(31(24)22-12-8-18(2)9-13-22)33-16-23(32)28-27-15-19-4-3-5-21(26)14-19/h3-15H,16H2,1-2H3,(H,28,32). The molecule has 0 aliphatic heterocycles. The molecular weight excluding hydrogens is 454 g/mol. The predicted molar refractivity (Wildman–Crippen MR) is 134 cm³/mol. The number of hydrogen-bond acceptors (Lipinski definition) is 5. The molecule has 4 rings (SSSR count). The van der Waals surface area contributed by atoms with Crippen LogP contribution in [0.4, 0.5) is 0 Å². The van der Waals surface area contributed by atoms with Gasteiger partial charge in [-0.1, -0.05) is 83.0 Å². The van der Waals surface area contributed by atoms with E-state index >= 15 is 0 Å². The largest absolute Gasteiger partial charge is 0.272 e. The van der Waals surface area contributed by atoms with Crippen LogP contribution in [-0.2, 0) is 4.79 Å². The maximum absolute atomic E-state index is 12.4. The number of aryl methyl sites for hydroxylation is 2. The fraction of sp³-hybridized carbons (Fsp3) is 0.120. The van der Waals surface area contributed by atoms with E-state index < -0.39 is 0 Å². The van der Waals surface area contributed by atoms with Crippen molar-refractivity contribution in [3.63, 3.8) is 0 Å². The lowest BCUT2D eigenvalue weighted by Crippen LogP contribution is -2.20. The van der Waals surface area contributed by atoms with Gasteiger partial charge in [-0.25, -0.2) is 5.43 Å². The normalized spacial score (nSPS) is 11.1. The molecule has 0 aliphatic rings. The molecule has 0 fully saturated rings. The van der Waals surface area contributed by atoms with Crippen LogP contribution in [0.1, 0.15) is 16.7 Å². The summed E-state index contributed by atoms with van der Waals surface area (Å²) in [6.07, 6.45) is 1.55. The SMILES string of the molecule is Cc1ccc(-c2nnc(SCC(=O)NN=Cc3cccc(Cl)c3)n2-c2ccc(C)cc2)cc1. The number of nitrogens with zero attached hydrogens (tertiary/aromatic N) is 4. The van der Waals surface area contributed by atoms with E-state index in [1.54, 1.807) is 18.3 Å². The van der Waals surface area contributed by atoms with Crippen molar-refractivity contribution >= 4 is 35.5 Å². The summed E-state index contributed by atoms with van der Waals surface area (Å²) in [7, 11) is 0. The maximum atomic E-state index is 12.4. The first-order valence-corrected chi connectivity index (χ1v) is 11.7. The number of thioether (sulfide) groups is 1. The number of rotatable bonds is 7. The third-order valence-electron chi connectivity index (χ3n) is 4.82. The molecular formula is C25H22ClN5OS. The van der Waals surface area contributed by atoms with Crippen LogP contribution in [-0.4, -0.2) is 32.6 Å². The van der Waals surface area contributed by atoms with Gasteiger partial charge in [-0.15, -0.1) is 10.2 Å². The first kappa shape index (κ1) is 22.8. The third-order valence-corrected chi connectivity index (χ3v) is 5.98. The highest BCUT2D eigenvalue weighted by Gasteiger charge is 2.17. The van der Waals surface area contributed by atoms with E-state index in [2.05, 4.69) is 20.7 Å². The van der Waals surface area contributed by atoms with E-state index in [0.717, 1.165) is 28.2 Å². The Hall–Kier alpha value is -3.42. The van der Waals surface area contributed by atoms with Gasteiger partial charge in [0.15, 0.2) is 11.0 Å². The lowest BCUT2D eigenvalue weighted by Gasteiger charge is -2.11. The zero-order valence-corrected chi connectivity index (χ0v) is 19.8. The number of amides is 1. The minimum absolute atomic E-state index is 0.144. The highest BCUT2D eigenvalue weighted by molar-refractivity contribution is 7.99. The van der Waals surface area contributed by atoms with Gasteiger partial charge in [-0.2, -0.15) is 5.10 Å². The molecule has 0 saturated heterocycles. The number of aromatic nitrogens is 3. The number of carbonyl (C=O) groups is 1. The quantitative estimate of drug-likeness (QED) is 0.219. The molecule has 0 saturated carbocycles. The Morgan fingerprint density at radius 2 is 1.73 bits per heavy atom. The van der Waals surface area contributed by atoms with E-state index in [9.17, 15) is 4.79 Å². The fourth-order valence-electron chi connectivity index (χ4n) is 3.11. The molecule has 166 valence electrons. The highest BCUT2D eigenvalue weighted by Crippen LogP contribution is 2.28. The van der Waals surface area contributed by atoms with Crippen molar-refractivity contribution in [3.05, 3.63) is 94.5 Å². The molecule has 6 nitrogen and oxygen atoms in total. The van der Waals surface area contributed by atoms with Crippen LogP contribution in [0.15, 0.2) is 83.1 Å². The Kier molecular flexibility index (Phi) is 7.22. The van der Waals surface area contributed by atoms with Crippen molar-refractivity contribution in [3.8, 4) is 17.1 Å². The molecule has 8 heteroatoms. The maximum Gasteiger partial charge on any atom is 0.250 e. The van der Waals surface area contributed by atoms with Gasteiger partial charge >= 0.3 is 0 Å². The molecule has 4 aromatic rings. The van der Waals surface area contributed by atoms with Crippen LogP contribution in [0.2, 0.25) is 5.02 Å². The van der Waals surface area contributed by atoms with Gasteiger partial charge in [0.25, 0.3) is 5.91 Å². The molecule has 0 spiro atoms. The van der Waals surface area contributed by atoms with E-state index in [1.165, 1.54) is 17.3 Å². The minimum Gasteiger partial charge on any atom is -0.272 e. The average molecular weight is 476 g/mol. The topological polar surface area (TPSA) is 72.2 Å². The van der Waals surface area contributed by atoms with E-state index in [1.807, 2.05) is 79.1 Å². The number of nitrogens with one attached hydrogen (secondary N) is 1. The third kappa shape index (κ3) is 5.88. The molecule has 33 heavy (non-hydrogen) atoms. The number of carbonyl (C=O) groups excluding carboxylic acids is 1. The van der Waals surface area contributed by atoms with Crippen molar-refractivity contribution in [2.24, 2.45) is 5.10 Å². The Morgan fingerprint density at radius 3 is 2.42 bits per heavy atom. The zero-order chi connectivity index (χ0) is 23.2. The van der Waals surface area contributed by atoms with Gasteiger partial charge in [0.05, 0.1) is 12.0 Å². The Labute approximate surface area is 201 Å². The Balaban J connectivity index is 1.51. The Bertz CT molecular complexity index is 1280. The van der Waals surface area contributed by atoms with Gasteiger partial charge in [-0.05, 0) is 43.7 Å². The lowest BCUT2D eigenvalue weighted by atomic mass is 10.1. The van der Waals surface area contributed by atoms with Crippen LogP contribution in [0, 0.1) is 13.8 Å². The van der Waals surface area contributed by atoms with Gasteiger partial charge in [0.1, 0.15) is 0 Å². The summed E-state index contributed by atoms with van der Waals surface area (Å²) in [6.45, 7) is 4.09. The molecule has 1 amide bonds. The van der Waals surface area contributed by atoms with Crippen molar-refractivity contribution in [2.75, 3.05) is 5.75 Å². The molecule has 1 N–H and O–H groups in total. The van der Waals surface area contributed by atoms with Crippen molar-refractivity contribution < 1.29 is 4.79 Å². The molecule has 0 radical (unpaired) electrons. The first-order chi connectivity index (χ1) is 16.0. The summed E-state index contributed by atoms with van der Waals surface area (Å²) in [4.78, 5) is 12.4. The fourth-order valence-corrected chi connectivity index (χ4v) is 4.05. The number of hydrogen-bond donors (Lipinski definition) is 1. The summed E-state index contributed by atoms with van der Waals surface area (Å²) in [5.74, 6) is 0.625. The van der Waals surface area contributed by atoms with Gasteiger partial charge in [0, 0.05) is 16.3 Å². The lowest BCUT2D eigenvalue weighted by molar-refractivity contribution is -0.118. The summed E-state index contributed by atoms with van der Waals surface area (Å²) < 4.78 is 1.97. The highest BCUT2D eigenvalue weighted by atomic mass is 35.5. The summed E-state index contributed by atoms with van der Waals surface area (Å²) in [5.41, 5.74) is 7.57. The minimum atomic E-state index is -0.242. The van der Waals surface area contributed by atoms with Crippen LogP contribution in [0.25, 0.3) is 17.1 Å². The zero-order valence-electron chi connectivity index (χ0n) is 18.2. The number of hydrazone groups is 1. The van der Waals surface area contributed by atoms with E-state index in [-0.39, 0.29) is 11.7 Å². The number of halogens is 1. The molecule has 1 aromatic heterocycles. The Morgan fingerprint density at radius 1 is 1.03 bits per heavy atom. The molecule has 0 unspecified atom stereocenters. The second-order valence-corrected chi connectivity index (χ2v) is 8.86. The van der Waals surface area contributed by atoms with Crippen LogP contribution >= 0.6 is 23.4 Å². The molecule has 0 bridgehead atoms. The van der Waals surface area contributed by atoms with Gasteiger partial charge in [0.2, 0.25) is 0 Å².